The predicted molar refractivity (Wildman–Crippen MR) is 69.2 cm³/mol. The second-order valence-electron chi connectivity index (χ2n) is 4.34. The van der Waals surface area contributed by atoms with E-state index >= 15 is 0 Å². The number of H-pyrrole nitrogens is 1. The number of aromatic amines is 1. The Morgan fingerprint density at radius 3 is 2.53 bits per heavy atom. The third kappa shape index (κ3) is 4.55. The van der Waals surface area contributed by atoms with E-state index in [1.165, 1.54) is 18.3 Å². The normalized spacial score (nSPS) is 10.5. The summed E-state index contributed by atoms with van der Waals surface area (Å²) in [4.78, 5) is 39.8. The van der Waals surface area contributed by atoms with Crippen LogP contribution in [0.25, 0.3) is 0 Å². The molecule has 104 valence electrons. The maximum atomic E-state index is 12.1. The van der Waals surface area contributed by atoms with Crippen LogP contribution in [-0.4, -0.2) is 65.5 Å². The third-order valence-corrected chi connectivity index (χ3v) is 2.48. The molecule has 1 amide bonds. The van der Waals surface area contributed by atoms with Crippen LogP contribution in [0.1, 0.15) is 10.4 Å². The fraction of sp³-hybridized carbons (Fsp3) is 0.417. The summed E-state index contributed by atoms with van der Waals surface area (Å²) < 4.78 is 0. The summed E-state index contributed by atoms with van der Waals surface area (Å²) in [6.07, 6.45) is 1.42. The van der Waals surface area contributed by atoms with E-state index in [0.29, 0.717) is 6.54 Å². The van der Waals surface area contributed by atoms with E-state index in [4.69, 9.17) is 5.11 Å². The van der Waals surface area contributed by atoms with Gasteiger partial charge in [-0.1, -0.05) is 0 Å². The van der Waals surface area contributed by atoms with Crippen LogP contribution in [0.15, 0.2) is 23.1 Å². The summed E-state index contributed by atoms with van der Waals surface area (Å²) in [7, 11) is 3.64. The van der Waals surface area contributed by atoms with Gasteiger partial charge >= 0.3 is 5.97 Å². The van der Waals surface area contributed by atoms with E-state index in [2.05, 4.69) is 4.98 Å². The number of hydrogen-bond acceptors (Lipinski definition) is 4. The number of nitrogens with one attached hydrogen (secondary N) is 1. The molecule has 0 radical (unpaired) electrons. The summed E-state index contributed by atoms with van der Waals surface area (Å²) in [6.45, 7) is 0.331. The quantitative estimate of drug-likeness (QED) is 0.722. The molecule has 0 aliphatic rings. The lowest BCUT2D eigenvalue weighted by Crippen LogP contribution is -2.41. The fourth-order valence-electron chi connectivity index (χ4n) is 1.50. The number of carboxylic acids is 1. The van der Waals surface area contributed by atoms with Gasteiger partial charge in [0.05, 0.1) is 0 Å². The number of aromatic nitrogens is 1. The number of pyridine rings is 1. The van der Waals surface area contributed by atoms with Gasteiger partial charge < -0.3 is 19.9 Å². The van der Waals surface area contributed by atoms with Gasteiger partial charge in [-0.25, -0.2) is 0 Å². The summed E-state index contributed by atoms with van der Waals surface area (Å²) in [6, 6.07) is 2.91. The molecule has 1 rings (SSSR count). The van der Waals surface area contributed by atoms with Crippen molar-refractivity contribution in [1.82, 2.24) is 14.8 Å². The van der Waals surface area contributed by atoms with Gasteiger partial charge in [0.15, 0.2) is 0 Å². The summed E-state index contributed by atoms with van der Waals surface area (Å²) in [5.41, 5.74) is -0.574. The number of likely N-dealkylation sites (N-methyl/N-ethyl adjacent to an activating group) is 1. The van der Waals surface area contributed by atoms with E-state index in [-0.39, 0.29) is 12.1 Å². The van der Waals surface area contributed by atoms with Crippen LogP contribution >= 0.6 is 0 Å². The maximum absolute atomic E-state index is 12.1. The van der Waals surface area contributed by atoms with Crippen molar-refractivity contribution >= 4 is 11.9 Å². The average molecular weight is 267 g/mol. The minimum atomic E-state index is -1.11. The van der Waals surface area contributed by atoms with Gasteiger partial charge in [0.2, 0.25) is 0 Å². The molecule has 0 saturated carbocycles. The number of carbonyl (C=O) groups excluding carboxylic acids is 1. The smallest absolute Gasteiger partial charge is 0.323 e. The number of aliphatic carboxylic acids is 1. The van der Waals surface area contributed by atoms with Crippen LogP contribution in [0.4, 0.5) is 0 Å². The molecule has 1 aromatic rings. The number of carbonyl (C=O) groups is 2. The molecule has 1 heterocycles. The molecule has 2 N–H and O–H groups in total. The molecule has 7 heteroatoms. The fourth-order valence-corrected chi connectivity index (χ4v) is 1.50. The molecule has 7 nitrogen and oxygen atoms in total. The Labute approximate surface area is 110 Å². The Kier molecular flexibility index (Phi) is 5.25. The Hall–Kier alpha value is -2.15. The number of hydrogen-bond donors (Lipinski definition) is 2. The number of rotatable bonds is 6. The molecular formula is C12H17N3O4. The zero-order valence-electron chi connectivity index (χ0n) is 10.9. The van der Waals surface area contributed by atoms with Crippen LogP contribution in [0.5, 0.6) is 0 Å². The lowest BCUT2D eigenvalue weighted by molar-refractivity contribution is -0.137. The van der Waals surface area contributed by atoms with E-state index in [1.807, 2.05) is 19.0 Å². The largest absolute Gasteiger partial charge is 0.480 e. The van der Waals surface area contributed by atoms with Crippen LogP contribution in [0, 0.1) is 0 Å². The molecule has 19 heavy (non-hydrogen) atoms. The van der Waals surface area contributed by atoms with Crippen molar-refractivity contribution in [3.05, 3.63) is 34.2 Å². The molecule has 0 aliphatic carbocycles. The molecule has 0 fully saturated rings. The first-order chi connectivity index (χ1) is 8.91. The number of nitrogens with zero attached hydrogens (tertiary/aromatic N) is 2. The third-order valence-electron chi connectivity index (χ3n) is 2.48. The molecule has 1 aromatic heterocycles. The van der Waals surface area contributed by atoms with Crippen molar-refractivity contribution in [3.63, 3.8) is 0 Å². The number of carboxylic acid groups (broad SMARTS) is 1. The average Bonchev–Trinajstić information content (AvgIpc) is 2.33. The lowest BCUT2D eigenvalue weighted by atomic mass is 10.2. The molecule has 0 aliphatic heterocycles. The molecule has 0 aromatic carbocycles. The second-order valence-corrected chi connectivity index (χ2v) is 4.34. The topological polar surface area (TPSA) is 93.7 Å². The summed E-state index contributed by atoms with van der Waals surface area (Å²) in [5.74, 6) is -1.69. The van der Waals surface area contributed by atoms with Gasteiger partial charge in [0.1, 0.15) is 12.1 Å². The zero-order valence-corrected chi connectivity index (χ0v) is 10.9. The predicted octanol–water partition coefficient (Wildman–Crippen LogP) is -0.537. The SMILES string of the molecule is CN(C)CCN(CC(=O)O)C(=O)c1ccc[nH]c1=O. The molecule has 0 spiro atoms. The highest BCUT2D eigenvalue weighted by atomic mass is 16.4. The lowest BCUT2D eigenvalue weighted by Gasteiger charge is -2.22. The van der Waals surface area contributed by atoms with E-state index in [9.17, 15) is 14.4 Å². The molecule has 0 saturated heterocycles. The standard InChI is InChI=1S/C12H17N3O4/c1-14(2)6-7-15(8-10(16)17)12(19)9-4-3-5-13-11(9)18/h3-5H,6-8H2,1-2H3,(H,13,18)(H,16,17). The first-order valence-electron chi connectivity index (χ1n) is 5.75. The van der Waals surface area contributed by atoms with Gasteiger partial charge in [-0.05, 0) is 26.2 Å². The Morgan fingerprint density at radius 1 is 1.32 bits per heavy atom. The minimum absolute atomic E-state index is 0.0532. The highest BCUT2D eigenvalue weighted by Crippen LogP contribution is 2.00. The van der Waals surface area contributed by atoms with Crippen molar-refractivity contribution in [2.45, 2.75) is 0 Å². The first-order valence-corrected chi connectivity index (χ1v) is 5.75. The minimum Gasteiger partial charge on any atom is -0.480 e. The van der Waals surface area contributed by atoms with Crippen LogP contribution in [0.2, 0.25) is 0 Å². The van der Waals surface area contributed by atoms with Gasteiger partial charge in [-0.2, -0.15) is 0 Å². The van der Waals surface area contributed by atoms with E-state index in [0.717, 1.165) is 4.90 Å². The van der Waals surface area contributed by atoms with Gasteiger partial charge in [-0.15, -0.1) is 0 Å². The van der Waals surface area contributed by atoms with Crippen molar-refractivity contribution in [3.8, 4) is 0 Å². The van der Waals surface area contributed by atoms with Crippen LogP contribution < -0.4 is 5.56 Å². The van der Waals surface area contributed by atoms with Gasteiger partial charge in [-0.3, -0.25) is 14.4 Å². The van der Waals surface area contributed by atoms with Crippen molar-refractivity contribution in [1.29, 1.82) is 0 Å². The molecule has 0 atom stereocenters. The highest BCUT2D eigenvalue weighted by Gasteiger charge is 2.20. The Balaban J connectivity index is 2.90. The first kappa shape index (κ1) is 14.9. The molecule has 0 unspecified atom stereocenters. The summed E-state index contributed by atoms with van der Waals surface area (Å²) >= 11 is 0. The monoisotopic (exact) mass is 267 g/mol. The maximum Gasteiger partial charge on any atom is 0.323 e. The van der Waals surface area contributed by atoms with Gasteiger partial charge in [0, 0.05) is 19.3 Å². The van der Waals surface area contributed by atoms with Gasteiger partial charge in [0.25, 0.3) is 11.5 Å². The van der Waals surface area contributed by atoms with Crippen molar-refractivity contribution in [2.75, 3.05) is 33.7 Å². The van der Waals surface area contributed by atoms with Crippen molar-refractivity contribution < 1.29 is 14.7 Å². The van der Waals surface area contributed by atoms with E-state index < -0.39 is 24.0 Å². The molecule has 0 bridgehead atoms. The second kappa shape index (κ2) is 6.69. The summed E-state index contributed by atoms with van der Waals surface area (Å²) in [5, 5.41) is 8.82. The molecular weight excluding hydrogens is 250 g/mol. The Morgan fingerprint density at radius 2 is 2.00 bits per heavy atom. The van der Waals surface area contributed by atoms with Crippen LogP contribution in [-0.2, 0) is 4.79 Å². The van der Waals surface area contributed by atoms with Crippen molar-refractivity contribution in [2.24, 2.45) is 0 Å². The van der Waals surface area contributed by atoms with E-state index in [1.54, 1.807) is 0 Å². The highest BCUT2D eigenvalue weighted by molar-refractivity contribution is 5.95. The Bertz CT molecular complexity index is 510. The van der Waals surface area contributed by atoms with Crippen LogP contribution in [0.3, 0.4) is 0 Å². The zero-order chi connectivity index (χ0) is 14.4. The number of amides is 1.